The van der Waals surface area contributed by atoms with Crippen molar-refractivity contribution in [3.63, 3.8) is 0 Å². The maximum Gasteiger partial charge on any atom is 0.238 e. The van der Waals surface area contributed by atoms with Crippen molar-refractivity contribution in [2.45, 2.75) is 51.4 Å². The Kier molecular flexibility index (Phi) is 9.99. The van der Waals surface area contributed by atoms with Gasteiger partial charge in [-0.3, -0.25) is 0 Å². The van der Waals surface area contributed by atoms with Crippen molar-refractivity contribution < 1.29 is 22.3 Å². The van der Waals surface area contributed by atoms with Crippen LogP contribution in [0.3, 0.4) is 0 Å². The molecule has 0 N–H and O–H groups in total. The largest absolute Gasteiger partial charge is 0.381 e. The second-order valence-electron chi connectivity index (χ2n) is 3.39. The van der Waals surface area contributed by atoms with E-state index in [1.165, 1.54) is 0 Å². The van der Waals surface area contributed by atoms with Gasteiger partial charge >= 0.3 is 0 Å². The quantitative estimate of drug-likeness (QED) is 0.409. The average molecular weight is 230 g/mol. The van der Waals surface area contributed by atoms with E-state index in [1.54, 1.807) is 0 Å². The van der Waals surface area contributed by atoms with Crippen molar-refractivity contribution in [3.05, 3.63) is 0 Å². The van der Waals surface area contributed by atoms with E-state index >= 15 is 0 Å². The van der Waals surface area contributed by atoms with Gasteiger partial charge in [-0.1, -0.05) is 0 Å². The first kappa shape index (κ1) is 14.7. The minimum Gasteiger partial charge on any atom is -0.381 e. The van der Waals surface area contributed by atoms with Gasteiger partial charge in [-0.2, -0.15) is 0 Å². The molecule has 0 heterocycles. The van der Waals surface area contributed by atoms with E-state index in [2.05, 4.69) is 0 Å². The van der Waals surface area contributed by atoms with E-state index in [4.69, 9.17) is 4.74 Å². The van der Waals surface area contributed by atoms with Gasteiger partial charge in [0, 0.05) is 26.1 Å². The van der Waals surface area contributed by atoms with Crippen molar-refractivity contribution in [1.82, 2.24) is 0 Å². The molecule has 0 radical (unpaired) electrons. The minimum atomic E-state index is -2.24. The first-order chi connectivity index (χ1) is 7.13. The van der Waals surface area contributed by atoms with Crippen LogP contribution in [0.25, 0.3) is 0 Å². The van der Waals surface area contributed by atoms with E-state index in [9.17, 15) is 17.6 Å². The van der Waals surface area contributed by atoms with Crippen LogP contribution < -0.4 is 0 Å². The lowest BCUT2D eigenvalue weighted by molar-refractivity contribution is 0.101. The maximum atomic E-state index is 11.7. The van der Waals surface area contributed by atoms with Crippen LogP contribution in [-0.2, 0) is 4.74 Å². The van der Waals surface area contributed by atoms with Gasteiger partial charge < -0.3 is 4.74 Å². The SMILES string of the molecule is FC(F)CCCCOCCCCC(F)F. The molecule has 0 aromatic carbocycles. The third-order valence-electron chi connectivity index (χ3n) is 1.92. The first-order valence-corrected chi connectivity index (χ1v) is 5.27. The van der Waals surface area contributed by atoms with Gasteiger partial charge in [-0.05, 0) is 25.7 Å². The second kappa shape index (κ2) is 10.2. The van der Waals surface area contributed by atoms with Crippen molar-refractivity contribution >= 4 is 0 Å². The molecule has 0 aliphatic heterocycles. The van der Waals surface area contributed by atoms with Crippen LogP contribution in [0.5, 0.6) is 0 Å². The monoisotopic (exact) mass is 230 g/mol. The zero-order valence-electron chi connectivity index (χ0n) is 8.73. The maximum absolute atomic E-state index is 11.7. The zero-order valence-corrected chi connectivity index (χ0v) is 8.73. The summed E-state index contributed by atoms with van der Waals surface area (Å²) < 4.78 is 51.8. The highest BCUT2D eigenvalue weighted by molar-refractivity contribution is 4.45. The van der Waals surface area contributed by atoms with Crippen LogP contribution in [0.2, 0.25) is 0 Å². The van der Waals surface area contributed by atoms with Gasteiger partial charge in [0.05, 0.1) is 0 Å². The summed E-state index contributed by atoms with van der Waals surface area (Å²) in [5, 5.41) is 0. The van der Waals surface area contributed by atoms with E-state index in [0.29, 0.717) is 38.9 Å². The number of rotatable bonds is 10. The zero-order chi connectivity index (χ0) is 11.5. The normalized spacial score (nSPS) is 11.6. The Labute approximate surface area is 87.8 Å². The fourth-order valence-electron chi connectivity index (χ4n) is 1.11. The summed E-state index contributed by atoms with van der Waals surface area (Å²) in [7, 11) is 0. The van der Waals surface area contributed by atoms with E-state index in [1.807, 2.05) is 0 Å². The standard InChI is InChI=1S/C10H18F4O/c11-9(12)5-1-3-7-15-8-4-2-6-10(13)14/h9-10H,1-8H2. The Morgan fingerprint density at radius 2 is 1.07 bits per heavy atom. The van der Waals surface area contributed by atoms with Gasteiger partial charge in [0.15, 0.2) is 0 Å². The predicted octanol–water partition coefficient (Wildman–Crippen LogP) is 3.87. The summed E-state index contributed by atoms with van der Waals surface area (Å²) in [4.78, 5) is 0. The Balaban J connectivity index is 2.93. The molecule has 0 bridgehead atoms. The van der Waals surface area contributed by atoms with E-state index in [0.717, 1.165) is 0 Å². The Morgan fingerprint density at radius 3 is 1.40 bits per heavy atom. The Morgan fingerprint density at radius 1 is 0.667 bits per heavy atom. The molecule has 92 valence electrons. The number of alkyl halides is 4. The van der Waals surface area contributed by atoms with Crippen LogP contribution in [0.1, 0.15) is 38.5 Å². The summed E-state index contributed by atoms with van der Waals surface area (Å²) in [5.41, 5.74) is 0. The van der Waals surface area contributed by atoms with Crippen LogP contribution in [0.15, 0.2) is 0 Å². The molecule has 0 unspecified atom stereocenters. The lowest BCUT2D eigenvalue weighted by Gasteiger charge is -2.04. The van der Waals surface area contributed by atoms with Gasteiger partial charge in [-0.25, -0.2) is 17.6 Å². The van der Waals surface area contributed by atoms with Crippen molar-refractivity contribution in [3.8, 4) is 0 Å². The van der Waals surface area contributed by atoms with Crippen LogP contribution in [-0.4, -0.2) is 26.1 Å². The van der Waals surface area contributed by atoms with Crippen molar-refractivity contribution in [1.29, 1.82) is 0 Å². The molecule has 0 saturated carbocycles. The molecule has 0 aromatic rings. The molecule has 0 saturated heterocycles. The molecular weight excluding hydrogens is 212 g/mol. The molecule has 0 fully saturated rings. The van der Waals surface area contributed by atoms with Gasteiger partial charge in [-0.15, -0.1) is 0 Å². The van der Waals surface area contributed by atoms with E-state index < -0.39 is 12.9 Å². The number of hydrogen-bond donors (Lipinski definition) is 0. The highest BCUT2D eigenvalue weighted by atomic mass is 19.3. The predicted molar refractivity (Wildman–Crippen MR) is 50.5 cm³/mol. The summed E-state index contributed by atoms with van der Waals surface area (Å²) in [6.45, 7) is 0.892. The number of hydrogen-bond acceptors (Lipinski definition) is 1. The molecule has 0 aromatic heterocycles. The van der Waals surface area contributed by atoms with Crippen molar-refractivity contribution in [2.24, 2.45) is 0 Å². The smallest absolute Gasteiger partial charge is 0.238 e. The lowest BCUT2D eigenvalue weighted by atomic mass is 10.2. The highest BCUT2D eigenvalue weighted by Gasteiger charge is 2.02. The first-order valence-electron chi connectivity index (χ1n) is 5.27. The van der Waals surface area contributed by atoms with Crippen LogP contribution >= 0.6 is 0 Å². The highest BCUT2D eigenvalue weighted by Crippen LogP contribution is 2.07. The molecule has 0 aliphatic carbocycles. The summed E-state index contributed by atoms with van der Waals surface area (Å²) in [6.07, 6.45) is -2.53. The summed E-state index contributed by atoms with van der Waals surface area (Å²) >= 11 is 0. The third kappa shape index (κ3) is 13.7. The molecule has 0 aliphatic rings. The molecular formula is C10H18F4O. The molecule has 0 amide bonds. The Bertz CT molecular complexity index is 117. The topological polar surface area (TPSA) is 9.23 Å². The van der Waals surface area contributed by atoms with Crippen molar-refractivity contribution in [2.75, 3.05) is 13.2 Å². The number of unbranched alkanes of at least 4 members (excludes halogenated alkanes) is 2. The molecule has 0 atom stereocenters. The van der Waals surface area contributed by atoms with Gasteiger partial charge in [0.2, 0.25) is 12.9 Å². The molecule has 5 heteroatoms. The Hall–Kier alpha value is -0.320. The van der Waals surface area contributed by atoms with Crippen LogP contribution in [0.4, 0.5) is 17.6 Å². The molecule has 0 rings (SSSR count). The fourth-order valence-corrected chi connectivity index (χ4v) is 1.11. The molecule has 15 heavy (non-hydrogen) atoms. The molecule has 1 nitrogen and oxygen atoms in total. The lowest BCUT2D eigenvalue weighted by Crippen LogP contribution is -1.99. The number of halogens is 4. The third-order valence-corrected chi connectivity index (χ3v) is 1.92. The second-order valence-corrected chi connectivity index (χ2v) is 3.39. The minimum absolute atomic E-state index is 0.0885. The average Bonchev–Trinajstić information content (AvgIpc) is 2.14. The summed E-state index contributed by atoms with van der Waals surface area (Å²) in [5.74, 6) is 0. The van der Waals surface area contributed by atoms with E-state index in [-0.39, 0.29) is 12.8 Å². The van der Waals surface area contributed by atoms with Gasteiger partial charge in [0.1, 0.15) is 0 Å². The number of ether oxygens (including phenoxy) is 1. The van der Waals surface area contributed by atoms with Crippen LogP contribution in [0, 0.1) is 0 Å². The summed E-state index contributed by atoms with van der Waals surface area (Å²) in [6, 6.07) is 0. The molecule has 0 spiro atoms. The van der Waals surface area contributed by atoms with Gasteiger partial charge in [0.25, 0.3) is 0 Å². The fraction of sp³-hybridized carbons (Fsp3) is 1.00.